The van der Waals surface area contributed by atoms with Gasteiger partial charge in [-0.15, -0.1) is 5.10 Å². The zero-order valence-electron chi connectivity index (χ0n) is 12.8. The van der Waals surface area contributed by atoms with Crippen molar-refractivity contribution in [2.45, 2.75) is 33.0 Å². The predicted octanol–water partition coefficient (Wildman–Crippen LogP) is 1.24. The summed E-state index contributed by atoms with van der Waals surface area (Å²) >= 11 is 0. The third kappa shape index (κ3) is 3.91. The molecular formula is C14H21N5O2. The van der Waals surface area contributed by atoms with Crippen LogP contribution < -0.4 is 14.8 Å². The normalized spacial score (nSPS) is 10.9. The maximum absolute atomic E-state index is 5.40. The lowest BCUT2D eigenvalue weighted by Crippen LogP contribution is -2.24. The summed E-state index contributed by atoms with van der Waals surface area (Å²) in [6.45, 7) is 5.35. The number of nitrogens with zero attached hydrogens (tertiary/aromatic N) is 4. The molecule has 114 valence electrons. The number of ether oxygens (including phenoxy) is 2. The van der Waals surface area contributed by atoms with Crippen molar-refractivity contribution >= 4 is 0 Å². The molecule has 0 bridgehead atoms. The number of tetrazole rings is 1. The number of aromatic nitrogens is 4. The highest BCUT2D eigenvalue weighted by Gasteiger charge is 2.11. The Kier molecular flexibility index (Phi) is 5.10. The minimum absolute atomic E-state index is 0.380. The molecule has 1 aromatic heterocycles. The van der Waals surface area contributed by atoms with Crippen molar-refractivity contribution < 1.29 is 9.47 Å². The van der Waals surface area contributed by atoms with E-state index in [0.717, 1.165) is 22.9 Å². The third-order valence-corrected chi connectivity index (χ3v) is 3.09. The van der Waals surface area contributed by atoms with E-state index < -0.39 is 0 Å². The number of nitrogens with one attached hydrogen (secondary N) is 1. The SMILES string of the molecule is COc1ccc(Cn2nnnc2CNC(C)C)c(OC)c1. The van der Waals surface area contributed by atoms with Crippen molar-refractivity contribution in [3.63, 3.8) is 0 Å². The average Bonchev–Trinajstić information content (AvgIpc) is 2.92. The third-order valence-electron chi connectivity index (χ3n) is 3.09. The molecule has 7 nitrogen and oxygen atoms in total. The smallest absolute Gasteiger partial charge is 0.165 e. The van der Waals surface area contributed by atoms with Crippen molar-refractivity contribution in [1.29, 1.82) is 0 Å². The molecule has 0 atom stereocenters. The fourth-order valence-electron chi connectivity index (χ4n) is 1.91. The quantitative estimate of drug-likeness (QED) is 0.827. The molecule has 0 amide bonds. The first-order valence-electron chi connectivity index (χ1n) is 6.83. The summed E-state index contributed by atoms with van der Waals surface area (Å²) in [5.41, 5.74) is 0.997. The predicted molar refractivity (Wildman–Crippen MR) is 78.4 cm³/mol. The van der Waals surface area contributed by atoms with Gasteiger partial charge in [-0.3, -0.25) is 0 Å². The van der Waals surface area contributed by atoms with Crippen LogP contribution in [0.3, 0.4) is 0 Å². The van der Waals surface area contributed by atoms with Crippen LogP contribution in [0.2, 0.25) is 0 Å². The average molecular weight is 291 g/mol. The van der Waals surface area contributed by atoms with Gasteiger partial charge in [-0.25, -0.2) is 4.68 Å². The first kappa shape index (κ1) is 15.2. The van der Waals surface area contributed by atoms with E-state index in [-0.39, 0.29) is 0 Å². The van der Waals surface area contributed by atoms with E-state index in [1.807, 2.05) is 18.2 Å². The van der Waals surface area contributed by atoms with E-state index in [1.165, 1.54) is 0 Å². The largest absolute Gasteiger partial charge is 0.497 e. The zero-order chi connectivity index (χ0) is 15.2. The Hall–Kier alpha value is -2.15. The molecule has 0 radical (unpaired) electrons. The summed E-state index contributed by atoms with van der Waals surface area (Å²) in [4.78, 5) is 0. The molecule has 0 saturated carbocycles. The van der Waals surface area contributed by atoms with Crippen LogP contribution in [-0.4, -0.2) is 40.5 Å². The Morgan fingerprint density at radius 1 is 1.24 bits per heavy atom. The lowest BCUT2D eigenvalue weighted by molar-refractivity contribution is 0.389. The van der Waals surface area contributed by atoms with E-state index >= 15 is 0 Å². The van der Waals surface area contributed by atoms with Crippen molar-refractivity contribution in [2.75, 3.05) is 14.2 Å². The van der Waals surface area contributed by atoms with Crippen molar-refractivity contribution in [3.8, 4) is 11.5 Å². The maximum Gasteiger partial charge on any atom is 0.165 e. The summed E-state index contributed by atoms with van der Waals surface area (Å²) in [7, 11) is 3.27. The fraction of sp³-hybridized carbons (Fsp3) is 0.500. The van der Waals surface area contributed by atoms with E-state index in [1.54, 1.807) is 18.9 Å². The van der Waals surface area contributed by atoms with Gasteiger partial charge in [0.15, 0.2) is 5.82 Å². The first-order chi connectivity index (χ1) is 10.1. The first-order valence-corrected chi connectivity index (χ1v) is 6.83. The van der Waals surface area contributed by atoms with E-state index in [2.05, 4.69) is 34.7 Å². The standard InChI is InChI=1S/C14H21N5O2/c1-10(2)15-8-14-16-17-18-19(14)9-11-5-6-12(20-3)7-13(11)21-4/h5-7,10,15H,8-9H2,1-4H3. The molecule has 0 spiro atoms. The molecule has 1 aromatic carbocycles. The molecule has 0 aliphatic carbocycles. The molecule has 1 heterocycles. The number of methoxy groups -OCH3 is 2. The van der Waals surface area contributed by atoms with E-state index in [0.29, 0.717) is 19.1 Å². The maximum atomic E-state index is 5.40. The van der Waals surface area contributed by atoms with Crippen LogP contribution in [-0.2, 0) is 13.1 Å². The number of hydrogen-bond acceptors (Lipinski definition) is 6. The van der Waals surface area contributed by atoms with Crippen LogP contribution in [0.4, 0.5) is 0 Å². The summed E-state index contributed by atoms with van der Waals surface area (Å²) in [5, 5.41) is 15.1. The van der Waals surface area contributed by atoms with Gasteiger partial charge < -0.3 is 14.8 Å². The summed E-state index contributed by atoms with van der Waals surface area (Å²) < 4.78 is 12.4. The minimum atomic E-state index is 0.380. The molecule has 0 fully saturated rings. The molecular weight excluding hydrogens is 270 g/mol. The Labute approximate surface area is 124 Å². The Balaban J connectivity index is 2.16. The van der Waals surface area contributed by atoms with Crippen LogP contribution >= 0.6 is 0 Å². The Bertz CT molecular complexity index is 582. The van der Waals surface area contributed by atoms with Gasteiger partial charge in [0, 0.05) is 17.7 Å². The molecule has 1 N–H and O–H groups in total. The molecule has 0 aliphatic heterocycles. The second-order valence-electron chi connectivity index (χ2n) is 4.97. The second-order valence-corrected chi connectivity index (χ2v) is 4.97. The van der Waals surface area contributed by atoms with Crippen LogP contribution in [0, 0.1) is 0 Å². The number of rotatable bonds is 7. The summed E-state index contributed by atoms with van der Waals surface area (Å²) in [6, 6.07) is 6.09. The summed E-state index contributed by atoms with van der Waals surface area (Å²) in [5.74, 6) is 2.31. The molecule has 7 heteroatoms. The van der Waals surface area contributed by atoms with Gasteiger partial charge in [-0.1, -0.05) is 13.8 Å². The van der Waals surface area contributed by atoms with Gasteiger partial charge in [0.25, 0.3) is 0 Å². The highest BCUT2D eigenvalue weighted by Crippen LogP contribution is 2.25. The Morgan fingerprint density at radius 2 is 2.05 bits per heavy atom. The van der Waals surface area contributed by atoms with Gasteiger partial charge in [-0.05, 0) is 22.6 Å². The van der Waals surface area contributed by atoms with Crippen molar-refractivity contribution in [2.24, 2.45) is 0 Å². The van der Waals surface area contributed by atoms with E-state index in [9.17, 15) is 0 Å². The van der Waals surface area contributed by atoms with Gasteiger partial charge in [0.1, 0.15) is 11.5 Å². The minimum Gasteiger partial charge on any atom is -0.497 e. The van der Waals surface area contributed by atoms with Gasteiger partial charge >= 0.3 is 0 Å². The van der Waals surface area contributed by atoms with Crippen LogP contribution in [0.5, 0.6) is 11.5 Å². The van der Waals surface area contributed by atoms with Crippen molar-refractivity contribution in [3.05, 3.63) is 29.6 Å². The number of hydrogen-bond donors (Lipinski definition) is 1. The zero-order valence-corrected chi connectivity index (χ0v) is 12.8. The van der Waals surface area contributed by atoms with Gasteiger partial charge in [-0.2, -0.15) is 0 Å². The lowest BCUT2D eigenvalue weighted by Gasteiger charge is -2.12. The molecule has 2 rings (SSSR count). The van der Waals surface area contributed by atoms with Gasteiger partial charge in [0.05, 0.1) is 27.3 Å². The Morgan fingerprint density at radius 3 is 2.71 bits per heavy atom. The molecule has 0 aliphatic rings. The van der Waals surface area contributed by atoms with E-state index in [4.69, 9.17) is 9.47 Å². The van der Waals surface area contributed by atoms with Crippen molar-refractivity contribution in [1.82, 2.24) is 25.5 Å². The molecule has 21 heavy (non-hydrogen) atoms. The molecule has 0 unspecified atom stereocenters. The number of benzene rings is 1. The van der Waals surface area contributed by atoms with Crippen LogP contribution in [0.1, 0.15) is 25.2 Å². The van der Waals surface area contributed by atoms with Crippen LogP contribution in [0.25, 0.3) is 0 Å². The van der Waals surface area contributed by atoms with Gasteiger partial charge in [0.2, 0.25) is 0 Å². The monoisotopic (exact) mass is 291 g/mol. The highest BCUT2D eigenvalue weighted by atomic mass is 16.5. The highest BCUT2D eigenvalue weighted by molar-refractivity contribution is 5.40. The van der Waals surface area contributed by atoms with Crippen LogP contribution in [0.15, 0.2) is 18.2 Å². The summed E-state index contributed by atoms with van der Waals surface area (Å²) in [6.07, 6.45) is 0. The fourth-order valence-corrected chi connectivity index (χ4v) is 1.91. The molecule has 2 aromatic rings. The topological polar surface area (TPSA) is 74.1 Å². The molecule has 0 saturated heterocycles. The lowest BCUT2D eigenvalue weighted by atomic mass is 10.2. The second kappa shape index (κ2) is 7.03.